The van der Waals surface area contributed by atoms with Gasteiger partial charge in [0.2, 0.25) is 11.8 Å². The quantitative estimate of drug-likeness (QED) is 0.567. The number of aromatic nitrogens is 4. The fraction of sp³-hybridized carbons (Fsp3) is 0.526. The van der Waals surface area contributed by atoms with Gasteiger partial charge in [-0.25, -0.2) is 4.68 Å². The van der Waals surface area contributed by atoms with Crippen molar-refractivity contribution in [3.8, 4) is 5.69 Å². The Morgan fingerprint density at radius 2 is 2.17 bits per heavy atom. The minimum Gasteiger partial charge on any atom is -0.391 e. The molecule has 1 aliphatic heterocycles. The molecule has 0 saturated carbocycles. The molecule has 2 heterocycles. The van der Waals surface area contributed by atoms with Crippen LogP contribution in [0.15, 0.2) is 24.5 Å². The number of nitrogens with one attached hydrogen (secondary N) is 1. The van der Waals surface area contributed by atoms with Crippen LogP contribution in [0.2, 0.25) is 5.02 Å². The number of likely N-dealkylation sites (tertiary alicyclic amines) is 1. The van der Waals surface area contributed by atoms with Crippen molar-refractivity contribution < 1.29 is 14.7 Å². The van der Waals surface area contributed by atoms with Crippen molar-refractivity contribution in [2.45, 2.75) is 51.4 Å². The van der Waals surface area contributed by atoms with Gasteiger partial charge in [0.1, 0.15) is 18.4 Å². The Kier molecular flexibility index (Phi) is 7.01. The molecule has 162 valence electrons. The lowest BCUT2D eigenvalue weighted by atomic mass is 9.99. The van der Waals surface area contributed by atoms with Gasteiger partial charge in [0.15, 0.2) is 0 Å². The third kappa shape index (κ3) is 4.77. The van der Waals surface area contributed by atoms with E-state index < -0.39 is 24.1 Å². The van der Waals surface area contributed by atoms with E-state index in [1.54, 1.807) is 32.0 Å². The zero-order valence-electron chi connectivity index (χ0n) is 16.9. The third-order valence-electron chi connectivity index (χ3n) is 5.27. The van der Waals surface area contributed by atoms with Gasteiger partial charge in [0.25, 0.3) is 0 Å². The average molecular weight is 436 g/mol. The van der Waals surface area contributed by atoms with Crippen molar-refractivity contribution >= 4 is 23.4 Å². The van der Waals surface area contributed by atoms with Crippen LogP contribution >= 0.6 is 11.6 Å². The molecule has 1 aliphatic rings. The average Bonchev–Trinajstić information content (AvgIpc) is 3.42. The van der Waals surface area contributed by atoms with Gasteiger partial charge >= 0.3 is 0 Å². The standard InChI is InChI=1S/C19H26ClN7O3/c1-11(2)17(28)16(21)19(30)26-7-3-4-15(26)18(29)22-9-12-8-13(20)5-6-14(12)27-10-23-24-25-27/h5-6,8,10-11,15-17,28H,3-4,7,9,21H2,1-2H3,(H,22,29)/t15-,16+,17-/m0/s1. The number of nitrogens with zero attached hydrogens (tertiary/aromatic N) is 5. The molecule has 0 radical (unpaired) electrons. The van der Waals surface area contributed by atoms with E-state index in [0.29, 0.717) is 30.1 Å². The first kappa shape index (κ1) is 22.1. The zero-order valence-corrected chi connectivity index (χ0v) is 17.7. The summed E-state index contributed by atoms with van der Waals surface area (Å²) in [5, 5.41) is 24.7. The molecule has 0 spiro atoms. The van der Waals surface area contributed by atoms with Crippen LogP contribution in [-0.2, 0) is 16.1 Å². The van der Waals surface area contributed by atoms with Crippen LogP contribution in [0.5, 0.6) is 0 Å². The Bertz CT molecular complexity index is 890. The molecule has 0 unspecified atom stereocenters. The minimum atomic E-state index is -1.06. The molecule has 10 nitrogen and oxygen atoms in total. The summed E-state index contributed by atoms with van der Waals surface area (Å²) in [6.07, 6.45) is 1.72. The summed E-state index contributed by atoms with van der Waals surface area (Å²) in [5.41, 5.74) is 7.36. The Morgan fingerprint density at radius 1 is 1.40 bits per heavy atom. The molecule has 2 amide bonds. The number of halogens is 1. The van der Waals surface area contributed by atoms with Crippen LogP contribution in [0, 0.1) is 5.92 Å². The topological polar surface area (TPSA) is 139 Å². The highest BCUT2D eigenvalue weighted by Crippen LogP contribution is 2.22. The number of aliphatic hydroxyl groups excluding tert-OH is 1. The summed E-state index contributed by atoms with van der Waals surface area (Å²) in [5.74, 6) is -0.855. The van der Waals surface area contributed by atoms with E-state index in [0.717, 1.165) is 5.56 Å². The number of rotatable bonds is 7. The SMILES string of the molecule is CC(C)[C@H](O)[C@@H](N)C(=O)N1CCC[C@H]1C(=O)NCc1cc(Cl)ccc1-n1cnnn1. The number of amides is 2. The molecule has 3 atom stereocenters. The van der Waals surface area contributed by atoms with Crippen molar-refractivity contribution in [3.63, 3.8) is 0 Å². The second-order valence-electron chi connectivity index (χ2n) is 7.70. The summed E-state index contributed by atoms with van der Waals surface area (Å²) in [7, 11) is 0. The fourth-order valence-electron chi connectivity index (χ4n) is 3.55. The highest BCUT2D eigenvalue weighted by Gasteiger charge is 2.38. The Labute approximate surface area is 179 Å². The van der Waals surface area contributed by atoms with Crippen molar-refractivity contribution in [2.75, 3.05) is 6.54 Å². The highest BCUT2D eigenvalue weighted by atomic mass is 35.5. The first-order valence-corrected chi connectivity index (χ1v) is 10.2. The van der Waals surface area contributed by atoms with E-state index in [4.69, 9.17) is 17.3 Å². The van der Waals surface area contributed by atoms with E-state index in [1.807, 2.05) is 0 Å². The molecule has 0 aliphatic carbocycles. The Morgan fingerprint density at radius 3 is 2.83 bits per heavy atom. The highest BCUT2D eigenvalue weighted by molar-refractivity contribution is 6.30. The molecular weight excluding hydrogens is 410 g/mol. The van der Waals surface area contributed by atoms with Gasteiger partial charge in [-0.05, 0) is 52.9 Å². The van der Waals surface area contributed by atoms with E-state index in [1.165, 1.54) is 15.9 Å². The number of carbonyl (C=O) groups is 2. The maximum atomic E-state index is 12.9. The molecule has 4 N–H and O–H groups in total. The predicted octanol–water partition coefficient (Wildman–Crippen LogP) is 0.267. The first-order valence-electron chi connectivity index (χ1n) is 9.83. The normalized spacial score (nSPS) is 18.5. The zero-order chi connectivity index (χ0) is 21.8. The minimum absolute atomic E-state index is 0.161. The van der Waals surface area contributed by atoms with Crippen LogP contribution in [0.1, 0.15) is 32.3 Å². The maximum Gasteiger partial charge on any atom is 0.243 e. The van der Waals surface area contributed by atoms with E-state index in [2.05, 4.69) is 20.8 Å². The number of carbonyl (C=O) groups excluding carboxylic acids is 2. The number of nitrogens with two attached hydrogens (primary N) is 1. The summed E-state index contributed by atoms with van der Waals surface area (Å²) in [6, 6.07) is 3.52. The molecular formula is C19H26ClN7O3. The molecule has 11 heteroatoms. The van der Waals surface area contributed by atoms with Gasteiger partial charge < -0.3 is 21.1 Å². The first-order chi connectivity index (χ1) is 14.3. The second-order valence-corrected chi connectivity index (χ2v) is 8.13. The molecule has 1 saturated heterocycles. The summed E-state index contributed by atoms with van der Waals surface area (Å²) < 4.78 is 1.48. The molecule has 30 heavy (non-hydrogen) atoms. The van der Waals surface area contributed by atoms with Crippen LogP contribution in [0.25, 0.3) is 5.69 Å². The Hall–Kier alpha value is -2.56. The second kappa shape index (κ2) is 9.50. The van der Waals surface area contributed by atoms with Crippen LogP contribution in [0.4, 0.5) is 0 Å². The van der Waals surface area contributed by atoms with E-state index in [9.17, 15) is 14.7 Å². The fourth-order valence-corrected chi connectivity index (χ4v) is 3.74. The molecule has 1 fully saturated rings. The summed E-state index contributed by atoms with van der Waals surface area (Å²) in [4.78, 5) is 27.1. The number of tetrazole rings is 1. The van der Waals surface area contributed by atoms with Crippen LogP contribution in [0.3, 0.4) is 0 Å². The molecule has 2 aromatic rings. The van der Waals surface area contributed by atoms with Gasteiger partial charge in [-0.2, -0.15) is 0 Å². The van der Waals surface area contributed by atoms with Crippen LogP contribution < -0.4 is 11.1 Å². The van der Waals surface area contributed by atoms with E-state index in [-0.39, 0.29) is 18.4 Å². The number of hydrogen-bond acceptors (Lipinski definition) is 7. The van der Waals surface area contributed by atoms with Gasteiger partial charge in [0, 0.05) is 18.1 Å². The lowest BCUT2D eigenvalue weighted by Crippen LogP contribution is -2.55. The van der Waals surface area contributed by atoms with Crippen molar-refractivity contribution in [1.82, 2.24) is 30.4 Å². The van der Waals surface area contributed by atoms with Gasteiger partial charge in [0.05, 0.1) is 11.8 Å². The van der Waals surface area contributed by atoms with Crippen molar-refractivity contribution in [1.29, 1.82) is 0 Å². The molecule has 3 rings (SSSR count). The number of benzene rings is 1. The largest absolute Gasteiger partial charge is 0.391 e. The summed E-state index contributed by atoms with van der Waals surface area (Å²) >= 11 is 6.11. The summed E-state index contributed by atoms with van der Waals surface area (Å²) in [6.45, 7) is 4.20. The lowest BCUT2D eigenvalue weighted by molar-refractivity contribution is -0.141. The predicted molar refractivity (Wildman–Crippen MR) is 110 cm³/mol. The third-order valence-corrected chi connectivity index (χ3v) is 5.50. The van der Waals surface area contributed by atoms with Gasteiger partial charge in [-0.1, -0.05) is 25.4 Å². The lowest BCUT2D eigenvalue weighted by Gasteiger charge is -2.29. The van der Waals surface area contributed by atoms with Gasteiger partial charge in [-0.3, -0.25) is 9.59 Å². The molecule has 1 aromatic carbocycles. The smallest absolute Gasteiger partial charge is 0.243 e. The van der Waals surface area contributed by atoms with E-state index >= 15 is 0 Å². The van der Waals surface area contributed by atoms with Crippen LogP contribution in [-0.4, -0.2) is 66.8 Å². The number of aliphatic hydroxyl groups is 1. The monoisotopic (exact) mass is 435 g/mol. The molecule has 1 aromatic heterocycles. The number of hydrogen-bond donors (Lipinski definition) is 3. The molecule has 0 bridgehead atoms. The van der Waals surface area contributed by atoms with Gasteiger partial charge in [-0.15, -0.1) is 5.10 Å². The van der Waals surface area contributed by atoms with Crippen molar-refractivity contribution in [2.24, 2.45) is 11.7 Å². The maximum absolute atomic E-state index is 12.9. The Balaban J connectivity index is 1.69. The van der Waals surface area contributed by atoms with Crippen molar-refractivity contribution in [3.05, 3.63) is 35.1 Å².